The van der Waals surface area contributed by atoms with Crippen LogP contribution in [0.3, 0.4) is 0 Å². The van der Waals surface area contributed by atoms with Crippen molar-refractivity contribution in [2.45, 2.75) is 33.3 Å². The molecule has 0 aliphatic heterocycles. The number of rotatable bonds is 5. The van der Waals surface area contributed by atoms with E-state index >= 15 is 0 Å². The van der Waals surface area contributed by atoms with E-state index in [9.17, 15) is 9.90 Å². The highest BCUT2D eigenvalue weighted by atomic mass is 79.9. The Hall–Kier alpha value is -0.810. The molecule has 0 radical (unpaired) electrons. The van der Waals surface area contributed by atoms with Gasteiger partial charge in [0.25, 0.3) is 5.91 Å². The van der Waals surface area contributed by atoms with Gasteiger partial charge in [-0.05, 0) is 40.8 Å². The maximum absolute atomic E-state index is 12.0. The van der Waals surface area contributed by atoms with Gasteiger partial charge < -0.3 is 15.0 Å². The minimum Gasteiger partial charge on any atom is -0.393 e. The van der Waals surface area contributed by atoms with E-state index in [1.165, 1.54) is 0 Å². The first-order valence-electron chi connectivity index (χ1n) is 5.99. The van der Waals surface area contributed by atoms with Gasteiger partial charge in [0.15, 0.2) is 0 Å². The molecule has 1 atom stereocenters. The maximum Gasteiger partial charge on any atom is 0.267 e. The Kier molecular flexibility index (Phi) is 4.99. The second-order valence-electron chi connectivity index (χ2n) is 5.55. The highest BCUT2D eigenvalue weighted by Crippen LogP contribution is 2.21. The number of carbonyl (C=O) groups excluding carboxylic acids is 1. The molecule has 1 aromatic heterocycles. The summed E-state index contributed by atoms with van der Waals surface area (Å²) in [7, 11) is 1.83. The highest BCUT2D eigenvalue weighted by Gasteiger charge is 2.22. The van der Waals surface area contributed by atoms with Crippen LogP contribution in [0.25, 0.3) is 0 Å². The van der Waals surface area contributed by atoms with E-state index in [1.54, 1.807) is 17.6 Å². The summed E-state index contributed by atoms with van der Waals surface area (Å²) in [6, 6.07) is 1.79. The molecule has 0 bridgehead atoms. The number of nitrogens with one attached hydrogen (secondary N) is 1. The van der Waals surface area contributed by atoms with Crippen LogP contribution in [0.4, 0.5) is 0 Å². The molecule has 0 aliphatic carbocycles. The van der Waals surface area contributed by atoms with Gasteiger partial charge >= 0.3 is 0 Å². The van der Waals surface area contributed by atoms with Crippen molar-refractivity contribution in [3.8, 4) is 0 Å². The summed E-state index contributed by atoms with van der Waals surface area (Å²) < 4.78 is 2.67. The van der Waals surface area contributed by atoms with Crippen LogP contribution in [0.2, 0.25) is 0 Å². The summed E-state index contributed by atoms with van der Waals surface area (Å²) in [4.78, 5) is 12.0. The van der Waals surface area contributed by atoms with Gasteiger partial charge in [0.05, 0.1) is 6.10 Å². The zero-order chi connectivity index (χ0) is 13.9. The van der Waals surface area contributed by atoms with Crippen molar-refractivity contribution in [2.75, 3.05) is 6.54 Å². The van der Waals surface area contributed by atoms with E-state index in [0.29, 0.717) is 18.7 Å². The first-order valence-corrected chi connectivity index (χ1v) is 6.79. The van der Waals surface area contributed by atoms with Crippen LogP contribution in [-0.2, 0) is 7.05 Å². The molecule has 1 unspecified atom stereocenters. The number of hydrogen-bond donors (Lipinski definition) is 2. The summed E-state index contributed by atoms with van der Waals surface area (Å²) in [5.74, 6) is -0.0955. The third-order valence-electron chi connectivity index (χ3n) is 2.78. The van der Waals surface area contributed by atoms with E-state index in [4.69, 9.17) is 0 Å². The molecule has 18 heavy (non-hydrogen) atoms. The number of aliphatic hydroxyl groups excluding tert-OH is 1. The lowest BCUT2D eigenvalue weighted by Gasteiger charge is -2.26. The van der Waals surface area contributed by atoms with E-state index < -0.39 is 0 Å². The summed E-state index contributed by atoms with van der Waals surface area (Å²) in [6.45, 7) is 6.36. The summed E-state index contributed by atoms with van der Waals surface area (Å²) in [5.41, 5.74) is 0.501. The van der Waals surface area contributed by atoms with Crippen LogP contribution in [0.5, 0.6) is 0 Å². The first kappa shape index (κ1) is 15.2. The van der Waals surface area contributed by atoms with E-state index in [1.807, 2.05) is 27.1 Å². The Bertz CT molecular complexity index is 425. The molecule has 1 aromatic rings. The molecule has 0 spiro atoms. The quantitative estimate of drug-likeness (QED) is 0.876. The average Bonchev–Trinajstić information content (AvgIpc) is 2.52. The predicted molar refractivity (Wildman–Crippen MR) is 75.5 cm³/mol. The highest BCUT2D eigenvalue weighted by molar-refractivity contribution is 9.10. The molecule has 5 heteroatoms. The largest absolute Gasteiger partial charge is 0.393 e. The van der Waals surface area contributed by atoms with Gasteiger partial charge in [-0.1, -0.05) is 13.8 Å². The summed E-state index contributed by atoms with van der Waals surface area (Å²) in [6.07, 6.45) is 2.14. The fraction of sp³-hybridized carbons (Fsp3) is 0.615. The molecular formula is C13H21BrN2O2. The molecule has 0 aromatic carbocycles. The first-order chi connectivity index (χ1) is 8.21. The van der Waals surface area contributed by atoms with Crippen LogP contribution in [0, 0.1) is 5.41 Å². The molecule has 1 heterocycles. The molecule has 0 fully saturated rings. The lowest BCUT2D eigenvalue weighted by atomic mass is 9.87. The Morgan fingerprint density at radius 3 is 2.67 bits per heavy atom. The minimum atomic E-state index is -0.360. The third kappa shape index (κ3) is 4.46. The normalized spacial score (nSPS) is 13.4. The van der Waals surface area contributed by atoms with Crippen molar-refractivity contribution in [2.24, 2.45) is 12.5 Å². The van der Waals surface area contributed by atoms with Gasteiger partial charge in [-0.3, -0.25) is 4.79 Å². The standard InChI is InChI=1S/C13H21BrN2O2/c1-9(17)6-13(2,3)8-15-12(18)11-5-10(14)7-16(11)4/h5,7,9,17H,6,8H2,1-4H3,(H,15,18). The number of aryl methyl sites for hydroxylation is 1. The number of amides is 1. The summed E-state index contributed by atoms with van der Waals surface area (Å²) in [5, 5.41) is 12.3. The van der Waals surface area contributed by atoms with Crippen LogP contribution in [-0.4, -0.2) is 28.2 Å². The molecular weight excluding hydrogens is 296 g/mol. The van der Waals surface area contributed by atoms with Crippen molar-refractivity contribution in [3.05, 3.63) is 22.4 Å². The Labute approximate surface area is 117 Å². The lowest BCUT2D eigenvalue weighted by Crippen LogP contribution is -2.36. The molecule has 0 aliphatic rings. The van der Waals surface area contributed by atoms with Crippen molar-refractivity contribution in [1.29, 1.82) is 0 Å². The van der Waals surface area contributed by atoms with Crippen LogP contribution in [0.1, 0.15) is 37.7 Å². The number of nitrogens with zero attached hydrogens (tertiary/aromatic N) is 1. The SMILES string of the molecule is CC(O)CC(C)(C)CNC(=O)c1cc(Br)cn1C. The topological polar surface area (TPSA) is 54.3 Å². The molecule has 0 saturated carbocycles. The van der Waals surface area contributed by atoms with Crippen molar-refractivity contribution >= 4 is 21.8 Å². The Morgan fingerprint density at radius 1 is 1.61 bits per heavy atom. The smallest absolute Gasteiger partial charge is 0.267 e. The molecule has 2 N–H and O–H groups in total. The number of halogens is 1. The number of carbonyl (C=O) groups is 1. The fourth-order valence-corrected chi connectivity index (χ4v) is 2.56. The zero-order valence-electron chi connectivity index (χ0n) is 11.3. The molecule has 102 valence electrons. The maximum atomic E-state index is 12.0. The average molecular weight is 317 g/mol. The lowest BCUT2D eigenvalue weighted by molar-refractivity contribution is 0.0894. The summed E-state index contributed by atoms with van der Waals surface area (Å²) >= 11 is 3.34. The second kappa shape index (κ2) is 5.89. The van der Waals surface area contributed by atoms with Gasteiger partial charge in [0.1, 0.15) is 5.69 Å². The van der Waals surface area contributed by atoms with Gasteiger partial charge in [0, 0.05) is 24.3 Å². The van der Waals surface area contributed by atoms with Crippen molar-refractivity contribution in [3.63, 3.8) is 0 Å². The fourth-order valence-electron chi connectivity index (χ4n) is 2.03. The molecule has 1 rings (SSSR count). The molecule has 4 nitrogen and oxygen atoms in total. The van der Waals surface area contributed by atoms with Gasteiger partial charge in [-0.2, -0.15) is 0 Å². The van der Waals surface area contributed by atoms with E-state index in [0.717, 1.165) is 4.47 Å². The van der Waals surface area contributed by atoms with Crippen molar-refractivity contribution < 1.29 is 9.90 Å². The van der Waals surface area contributed by atoms with Crippen LogP contribution >= 0.6 is 15.9 Å². The second-order valence-corrected chi connectivity index (χ2v) is 6.47. The number of hydrogen-bond acceptors (Lipinski definition) is 2. The minimum absolute atomic E-state index is 0.0955. The third-order valence-corrected chi connectivity index (χ3v) is 3.21. The van der Waals surface area contributed by atoms with Gasteiger partial charge in [-0.15, -0.1) is 0 Å². The predicted octanol–water partition coefficient (Wildman–Crippen LogP) is 2.31. The monoisotopic (exact) mass is 316 g/mol. The van der Waals surface area contributed by atoms with Gasteiger partial charge in [0.2, 0.25) is 0 Å². The van der Waals surface area contributed by atoms with Crippen LogP contribution < -0.4 is 5.32 Å². The molecule has 1 amide bonds. The van der Waals surface area contributed by atoms with Crippen LogP contribution in [0.15, 0.2) is 16.7 Å². The molecule has 0 saturated heterocycles. The Balaban J connectivity index is 2.59. The zero-order valence-corrected chi connectivity index (χ0v) is 12.9. The van der Waals surface area contributed by atoms with Gasteiger partial charge in [-0.25, -0.2) is 0 Å². The van der Waals surface area contributed by atoms with E-state index in [2.05, 4.69) is 21.2 Å². The van der Waals surface area contributed by atoms with E-state index in [-0.39, 0.29) is 17.4 Å². The number of aliphatic hydroxyl groups is 1. The number of aromatic nitrogens is 1. The Morgan fingerprint density at radius 2 is 2.22 bits per heavy atom. The van der Waals surface area contributed by atoms with Crippen molar-refractivity contribution in [1.82, 2.24) is 9.88 Å².